The molecule has 2 rings (SSSR count). The predicted octanol–water partition coefficient (Wildman–Crippen LogP) is 5.45. The van der Waals surface area contributed by atoms with Crippen LogP contribution in [0.2, 0.25) is 0 Å². The Kier molecular flexibility index (Phi) is 13.0. The Morgan fingerprint density at radius 2 is 1.55 bits per heavy atom. The number of hydrogen-bond acceptors (Lipinski definition) is 2. The first-order valence-electron chi connectivity index (χ1n) is 9.31. The van der Waals surface area contributed by atoms with Gasteiger partial charge in [-0.2, -0.15) is 0 Å². The number of rotatable bonds is 5. The fourth-order valence-corrected chi connectivity index (χ4v) is 2.87. The normalized spacial score (nSPS) is 15.2. The quantitative estimate of drug-likeness (QED) is 0.778. The average Bonchev–Trinajstić information content (AvgIpc) is 2.61. The van der Waals surface area contributed by atoms with Crippen LogP contribution in [0, 0.1) is 5.92 Å². The first kappa shape index (κ1) is 21.0. The van der Waals surface area contributed by atoms with E-state index >= 15 is 0 Å². The van der Waals surface area contributed by atoms with E-state index in [0.717, 1.165) is 5.92 Å². The van der Waals surface area contributed by atoms with E-state index < -0.39 is 0 Å². The highest BCUT2D eigenvalue weighted by Crippen LogP contribution is 2.22. The minimum Gasteiger partial charge on any atom is -0.388 e. The van der Waals surface area contributed by atoms with Crippen molar-refractivity contribution >= 4 is 5.69 Å². The van der Waals surface area contributed by atoms with Crippen LogP contribution in [0.5, 0.6) is 0 Å². The van der Waals surface area contributed by atoms with E-state index in [1.165, 1.54) is 56.6 Å². The molecule has 1 aliphatic rings. The van der Waals surface area contributed by atoms with Crippen LogP contribution in [-0.2, 0) is 6.42 Å². The number of anilines is 1. The lowest BCUT2D eigenvalue weighted by atomic mass is 9.90. The third-order valence-electron chi connectivity index (χ3n) is 4.01. The molecule has 1 saturated heterocycles. The summed E-state index contributed by atoms with van der Waals surface area (Å²) in [5.41, 5.74) is 2.69. The van der Waals surface area contributed by atoms with Gasteiger partial charge in [0.1, 0.15) is 0 Å². The molecule has 22 heavy (non-hydrogen) atoms. The van der Waals surface area contributed by atoms with Crippen molar-refractivity contribution in [3.8, 4) is 0 Å². The minimum absolute atomic E-state index is 0.888. The van der Waals surface area contributed by atoms with Crippen molar-refractivity contribution < 1.29 is 0 Å². The molecule has 0 aliphatic carbocycles. The Balaban J connectivity index is 0.00000102. The Morgan fingerprint density at radius 1 is 1.00 bits per heavy atom. The second-order valence-corrected chi connectivity index (χ2v) is 5.44. The summed E-state index contributed by atoms with van der Waals surface area (Å²) in [6.07, 6.45) is 5.28. The molecule has 1 fully saturated rings. The third-order valence-corrected chi connectivity index (χ3v) is 4.01. The first-order valence-corrected chi connectivity index (χ1v) is 9.31. The minimum atomic E-state index is 0.888. The smallest absolute Gasteiger partial charge is 0.0337 e. The highest BCUT2D eigenvalue weighted by molar-refractivity contribution is 5.43. The van der Waals surface area contributed by atoms with Crippen LogP contribution in [0.3, 0.4) is 0 Å². The van der Waals surface area contributed by atoms with Gasteiger partial charge in [0, 0.05) is 12.7 Å². The van der Waals surface area contributed by atoms with Gasteiger partial charge in [-0.05, 0) is 68.9 Å². The summed E-state index contributed by atoms with van der Waals surface area (Å²) in [5, 5.41) is 3.17. The number of nitrogens with zero attached hydrogens (tertiary/aromatic N) is 1. The average molecular weight is 307 g/mol. The summed E-state index contributed by atoms with van der Waals surface area (Å²) in [6.45, 7) is 14.2. The van der Waals surface area contributed by atoms with Gasteiger partial charge in [-0.15, -0.1) is 0 Å². The molecule has 0 spiro atoms. The number of hydrogen-bond donors (Lipinski definition) is 1. The topological polar surface area (TPSA) is 15.3 Å². The molecule has 0 amide bonds. The maximum absolute atomic E-state index is 3.17. The van der Waals surface area contributed by atoms with Crippen LogP contribution in [0.25, 0.3) is 0 Å². The molecule has 1 aromatic rings. The van der Waals surface area contributed by atoms with Crippen molar-refractivity contribution in [2.45, 2.75) is 60.3 Å². The SMILES string of the molecule is CC.CC.CCCN1CCC(Cc2ccc(NC)cc2)CC1. The molecule has 0 radical (unpaired) electrons. The van der Waals surface area contributed by atoms with Gasteiger partial charge >= 0.3 is 0 Å². The lowest BCUT2D eigenvalue weighted by molar-refractivity contribution is 0.184. The summed E-state index contributed by atoms with van der Waals surface area (Å²) < 4.78 is 0. The molecule has 0 saturated carbocycles. The van der Waals surface area contributed by atoms with Crippen LogP contribution in [0.15, 0.2) is 24.3 Å². The summed E-state index contributed by atoms with van der Waals surface area (Å²) in [7, 11) is 1.97. The van der Waals surface area contributed by atoms with Crippen LogP contribution >= 0.6 is 0 Å². The number of likely N-dealkylation sites (tertiary alicyclic amines) is 1. The van der Waals surface area contributed by atoms with E-state index in [2.05, 4.69) is 41.4 Å². The van der Waals surface area contributed by atoms with Crippen molar-refractivity contribution in [2.24, 2.45) is 5.92 Å². The molecule has 0 unspecified atom stereocenters. The summed E-state index contributed by atoms with van der Waals surface area (Å²) in [5.74, 6) is 0.888. The second kappa shape index (κ2) is 13.6. The number of nitrogens with one attached hydrogen (secondary N) is 1. The van der Waals surface area contributed by atoms with E-state index in [-0.39, 0.29) is 0 Å². The van der Waals surface area contributed by atoms with Gasteiger partial charge in [0.25, 0.3) is 0 Å². The van der Waals surface area contributed by atoms with Gasteiger partial charge in [-0.3, -0.25) is 0 Å². The maximum atomic E-state index is 3.17. The van der Waals surface area contributed by atoms with Gasteiger partial charge in [0.2, 0.25) is 0 Å². The Bertz CT molecular complexity index is 337. The Labute approximate surface area is 139 Å². The lowest BCUT2D eigenvalue weighted by Crippen LogP contribution is -2.34. The van der Waals surface area contributed by atoms with Crippen molar-refractivity contribution in [3.63, 3.8) is 0 Å². The number of piperidine rings is 1. The standard InChI is InChI=1S/C16H26N2.2C2H6/c1-3-10-18-11-8-15(9-12-18)13-14-4-6-16(17-2)7-5-14;2*1-2/h4-7,15,17H,3,8-13H2,1-2H3;2*1-2H3. The van der Waals surface area contributed by atoms with E-state index in [1.54, 1.807) is 0 Å². The van der Waals surface area contributed by atoms with Gasteiger partial charge in [0.05, 0.1) is 0 Å². The molecule has 1 aliphatic heterocycles. The van der Waals surface area contributed by atoms with Crippen LogP contribution in [0.1, 0.15) is 59.4 Å². The molecule has 128 valence electrons. The molecular weight excluding hydrogens is 268 g/mol. The van der Waals surface area contributed by atoms with Crippen molar-refractivity contribution in [1.29, 1.82) is 0 Å². The lowest BCUT2D eigenvalue weighted by Gasteiger charge is -2.31. The zero-order valence-corrected chi connectivity index (χ0v) is 15.8. The highest BCUT2D eigenvalue weighted by atomic mass is 15.1. The number of benzene rings is 1. The molecule has 0 bridgehead atoms. The highest BCUT2D eigenvalue weighted by Gasteiger charge is 2.18. The summed E-state index contributed by atoms with van der Waals surface area (Å²) in [6, 6.07) is 8.90. The van der Waals surface area contributed by atoms with Crippen LogP contribution in [0.4, 0.5) is 5.69 Å². The zero-order valence-electron chi connectivity index (χ0n) is 15.8. The van der Waals surface area contributed by atoms with Gasteiger partial charge in [0.15, 0.2) is 0 Å². The van der Waals surface area contributed by atoms with E-state index in [4.69, 9.17) is 0 Å². The fourth-order valence-electron chi connectivity index (χ4n) is 2.87. The molecular formula is C20H38N2. The zero-order chi connectivity index (χ0) is 16.8. The molecule has 2 nitrogen and oxygen atoms in total. The monoisotopic (exact) mass is 306 g/mol. The Hall–Kier alpha value is -1.02. The van der Waals surface area contributed by atoms with E-state index in [0.29, 0.717) is 0 Å². The van der Waals surface area contributed by atoms with E-state index in [1.807, 2.05) is 34.7 Å². The molecule has 2 heteroatoms. The maximum Gasteiger partial charge on any atom is 0.0337 e. The molecule has 0 aromatic heterocycles. The van der Waals surface area contributed by atoms with Crippen LogP contribution < -0.4 is 5.32 Å². The van der Waals surface area contributed by atoms with Crippen molar-refractivity contribution in [2.75, 3.05) is 32.0 Å². The van der Waals surface area contributed by atoms with Crippen molar-refractivity contribution in [1.82, 2.24) is 4.90 Å². The predicted molar refractivity (Wildman–Crippen MR) is 102 cm³/mol. The third kappa shape index (κ3) is 7.84. The van der Waals surface area contributed by atoms with E-state index in [9.17, 15) is 0 Å². The Morgan fingerprint density at radius 3 is 2.00 bits per heavy atom. The molecule has 0 atom stereocenters. The van der Waals surface area contributed by atoms with Crippen molar-refractivity contribution in [3.05, 3.63) is 29.8 Å². The molecule has 1 N–H and O–H groups in total. The molecule has 1 heterocycles. The second-order valence-electron chi connectivity index (χ2n) is 5.44. The van der Waals surface area contributed by atoms with Crippen LogP contribution in [-0.4, -0.2) is 31.6 Å². The summed E-state index contributed by atoms with van der Waals surface area (Å²) >= 11 is 0. The first-order chi connectivity index (χ1) is 10.8. The van der Waals surface area contributed by atoms with Gasteiger partial charge < -0.3 is 10.2 Å². The summed E-state index contributed by atoms with van der Waals surface area (Å²) in [4.78, 5) is 2.61. The largest absolute Gasteiger partial charge is 0.388 e. The van der Waals surface area contributed by atoms with Gasteiger partial charge in [-0.1, -0.05) is 46.8 Å². The fraction of sp³-hybridized carbons (Fsp3) is 0.700. The molecule has 1 aromatic carbocycles. The van der Waals surface area contributed by atoms with Gasteiger partial charge in [-0.25, -0.2) is 0 Å².